The van der Waals surface area contributed by atoms with Gasteiger partial charge < -0.3 is 10.1 Å². The SMILES string of the molecule is Cc1nc2nc(SC(C)C(=O)c3ccc4c(c3)NC(=O)CO4)nn2c(C)c1C. The first-order chi connectivity index (χ1) is 13.3. The summed E-state index contributed by atoms with van der Waals surface area (Å²) in [5, 5.41) is 7.30. The van der Waals surface area contributed by atoms with Gasteiger partial charge in [-0.25, -0.2) is 9.50 Å². The van der Waals surface area contributed by atoms with Crippen LogP contribution in [0.4, 0.5) is 5.69 Å². The van der Waals surface area contributed by atoms with Crippen LogP contribution in [-0.2, 0) is 4.79 Å². The number of fused-ring (bicyclic) bond motifs is 2. The molecular formula is C19H19N5O3S. The third-order valence-electron chi connectivity index (χ3n) is 4.79. The molecule has 1 atom stereocenters. The van der Waals surface area contributed by atoms with Gasteiger partial charge in [-0.3, -0.25) is 9.59 Å². The van der Waals surface area contributed by atoms with Gasteiger partial charge >= 0.3 is 0 Å². The first-order valence-electron chi connectivity index (χ1n) is 8.81. The standard InChI is InChI=1S/C19H19N5O3S/c1-9-10(2)20-18-22-19(23-24(18)11(9)3)28-12(4)17(26)13-5-6-15-14(7-13)21-16(25)8-27-15/h5-7,12H,8H2,1-4H3,(H,21,25). The minimum atomic E-state index is -0.404. The Hall–Kier alpha value is -2.94. The predicted molar refractivity (Wildman–Crippen MR) is 105 cm³/mol. The number of hydrogen-bond donors (Lipinski definition) is 1. The number of benzene rings is 1. The second-order valence-electron chi connectivity index (χ2n) is 6.69. The molecule has 1 N–H and O–H groups in total. The Morgan fingerprint density at radius 1 is 1.29 bits per heavy atom. The molecule has 0 aliphatic carbocycles. The van der Waals surface area contributed by atoms with Crippen molar-refractivity contribution in [2.24, 2.45) is 0 Å². The summed E-state index contributed by atoms with van der Waals surface area (Å²) in [5.74, 6) is 0.771. The van der Waals surface area contributed by atoms with Gasteiger partial charge in [0.25, 0.3) is 11.7 Å². The molecule has 9 heteroatoms. The zero-order chi connectivity index (χ0) is 20.0. The van der Waals surface area contributed by atoms with E-state index in [2.05, 4.69) is 20.4 Å². The van der Waals surface area contributed by atoms with Crippen molar-refractivity contribution >= 4 is 34.9 Å². The minimum absolute atomic E-state index is 0.0154. The first-order valence-corrected chi connectivity index (χ1v) is 9.69. The fourth-order valence-electron chi connectivity index (χ4n) is 2.97. The second kappa shape index (κ2) is 6.90. The number of ketones is 1. The van der Waals surface area contributed by atoms with Gasteiger partial charge in [-0.15, -0.1) is 5.10 Å². The van der Waals surface area contributed by atoms with Crippen LogP contribution in [0.1, 0.15) is 34.2 Å². The summed E-state index contributed by atoms with van der Waals surface area (Å²) in [6.45, 7) is 7.70. The molecule has 1 aromatic carbocycles. The van der Waals surface area contributed by atoms with Crippen molar-refractivity contribution in [1.82, 2.24) is 19.6 Å². The molecule has 1 aliphatic rings. The number of hydrogen-bond acceptors (Lipinski definition) is 7. The maximum absolute atomic E-state index is 12.9. The Bertz CT molecular complexity index is 1120. The highest BCUT2D eigenvalue weighted by atomic mass is 32.2. The Labute approximate surface area is 165 Å². The monoisotopic (exact) mass is 397 g/mol. The van der Waals surface area contributed by atoms with Crippen LogP contribution < -0.4 is 10.1 Å². The number of amides is 1. The number of carbonyl (C=O) groups excluding carboxylic acids is 2. The summed E-state index contributed by atoms with van der Waals surface area (Å²) in [6, 6.07) is 5.04. The van der Waals surface area contributed by atoms with E-state index in [1.54, 1.807) is 22.7 Å². The van der Waals surface area contributed by atoms with E-state index in [1.807, 2.05) is 27.7 Å². The van der Waals surface area contributed by atoms with Gasteiger partial charge in [0.05, 0.1) is 10.9 Å². The number of thioether (sulfide) groups is 1. The Morgan fingerprint density at radius 2 is 2.07 bits per heavy atom. The van der Waals surface area contributed by atoms with Crippen LogP contribution in [0.2, 0.25) is 0 Å². The van der Waals surface area contributed by atoms with Crippen molar-refractivity contribution in [1.29, 1.82) is 0 Å². The third kappa shape index (κ3) is 3.22. The lowest BCUT2D eigenvalue weighted by Crippen LogP contribution is -2.25. The number of aromatic nitrogens is 4. The van der Waals surface area contributed by atoms with Crippen LogP contribution in [0.5, 0.6) is 5.75 Å². The number of nitrogens with zero attached hydrogens (tertiary/aromatic N) is 4. The van der Waals surface area contributed by atoms with Crippen LogP contribution in [0.15, 0.2) is 23.4 Å². The molecule has 3 heterocycles. The van der Waals surface area contributed by atoms with Crippen LogP contribution in [0.3, 0.4) is 0 Å². The molecule has 0 fully saturated rings. The molecule has 0 spiro atoms. The molecule has 0 radical (unpaired) electrons. The zero-order valence-corrected chi connectivity index (χ0v) is 16.8. The first kappa shape index (κ1) is 18.4. The molecule has 28 heavy (non-hydrogen) atoms. The van der Waals surface area contributed by atoms with E-state index in [4.69, 9.17) is 4.74 Å². The van der Waals surface area contributed by atoms with Gasteiger partial charge in [0, 0.05) is 17.0 Å². The smallest absolute Gasteiger partial charge is 0.262 e. The topological polar surface area (TPSA) is 98.5 Å². The Morgan fingerprint density at radius 3 is 2.86 bits per heavy atom. The number of ether oxygens (including phenoxy) is 1. The van der Waals surface area contributed by atoms with Crippen molar-refractivity contribution in [3.8, 4) is 5.75 Å². The van der Waals surface area contributed by atoms with Gasteiger partial charge in [-0.1, -0.05) is 11.8 Å². The second-order valence-corrected chi connectivity index (χ2v) is 7.99. The lowest BCUT2D eigenvalue weighted by atomic mass is 10.1. The van der Waals surface area contributed by atoms with E-state index in [1.165, 1.54) is 11.8 Å². The van der Waals surface area contributed by atoms with Crippen molar-refractivity contribution in [2.45, 2.75) is 38.1 Å². The molecule has 4 rings (SSSR count). The van der Waals surface area contributed by atoms with E-state index in [0.29, 0.717) is 27.9 Å². The molecule has 144 valence electrons. The van der Waals surface area contributed by atoms with E-state index >= 15 is 0 Å². The average molecular weight is 397 g/mol. The quantitative estimate of drug-likeness (QED) is 0.534. The normalized spacial score (nSPS) is 14.4. The van der Waals surface area contributed by atoms with E-state index in [9.17, 15) is 9.59 Å². The zero-order valence-electron chi connectivity index (χ0n) is 15.9. The highest BCUT2D eigenvalue weighted by Crippen LogP contribution is 2.31. The average Bonchev–Trinajstić information content (AvgIpc) is 3.07. The van der Waals surface area contributed by atoms with E-state index in [-0.39, 0.29) is 18.3 Å². The molecule has 0 saturated carbocycles. The fraction of sp³-hybridized carbons (Fsp3) is 0.316. The van der Waals surface area contributed by atoms with Crippen LogP contribution in [0.25, 0.3) is 5.78 Å². The summed E-state index contributed by atoms with van der Waals surface area (Å²) in [5.41, 5.74) is 3.96. The van der Waals surface area contributed by atoms with E-state index < -0.39 is 5.25 Å². The van der Waals surface area contributed by atoms with Crippen LogP contribution in [0, 0.1) is 20.8 Å². The molecule has 3 aromatic rings. The Kier molecular flexibility index (Phi) is 4.54. The highest BCUT2D eigenvalue weighted by Gasteiger charge is 2.23. The van der Waals surface area contributed by atoms with Crippen LogP contribution in [-0.4, -0.2) is 43.1 Å². The Balaban J connectivity index is 1.57. The van der Waals surface area contributed by atoms with Crippen molar-refractivity contribution in [2.75, 3.05) is 11.9 Å². The summed E-state index contributed by atoms with van der Waals surface area (Å²) >= 11 is 1.28. The lowest BCUT2D eigenvalue weighted by molar-refractivity contribution is -0.118. The number of aryl methyl sites for hydroxylation is 2. The molecule has 2 aromatic heterocycles. The largest absolute Gasteiger partial charge is 0.482 e. The van der Waals surface area contributed by atoms with Gasteiger partial charge in [-0.05, 0) is 51.5 Å². The van der Waals surface area contributed by atoms with Gasteiger partial charge in [0.2, 0.25) is 5.16 Å². The van der Waals surface area contributed by atoms with Gasteiger partial charge in [0.1, 0.15) is 5.75 Å². The van der Waals surface area contributed by atoms with E-state index in [0.717, 1.165) is 17.0 Å². The molecular weight excluding hydrogens is 378 g/mol. The molecule has 1 aliphatic heterocycles. The molecule has 0 bridgehead atoms. The summed E-state index contributed by atoms with van der Waals surface area (Å²) < 4.78 is 7.03. The number of rotatable bonds is 4. The van der Waals surface area contributed by atoms with Crippen molar-refractivity contribution in [3.05, 3.63) is 40.7 Å². The number of Topliss-reactive ketones (excluding diaryl/α,β-unsaturated/α-hetero) is 1. The number of nitrogens with one attached hydrogen (secondary N) is 1. The van der Waals surface area contributed by atoms with Crippen molar-refractivity contribution in [3.63, 3.8) is 0 Å². The third-order valence-corrected chi connectivity index (χ3v) is 5.74. The van der Waals surface area contributed by atoms with Crippen molar-refractivity contribution < 1.29 is 14.3 Å². The number of anilines is 1. The van der Waals surface area contributed by atoms with Gasteiger partial charge in [-0.2, -0.15) is 4.98 Å². The minimum Gasteiger partial charge on any atom is -0.482 e. The van der Waals surface area contributed by atoms with Gasteiger partial charge in [0.15, 0.2) is 12.4 Å². The predicted octanol–water partition coefficient (Wildman–Crippen LogP) is 2.74. The summed E-state index contributed by atoms with van der Waals surface area (Å²) in [7, 11) is 0. The molecule has 1 amide bonds. The summed E-state index contributed by atoms with van der Waals surface area (Å²) in [4.78, 5) is 33.3. The fourth-order valence-corrected chi connectivity index (χ4v) is 3.79. The lowest BCUT2D eigenvalue weighted by Gasteiger charge is -2.18. The molecule has 1 unspecified atom stereocenters. The van der Waals surface area contributed by atoms with Crippen LogP contribution >= 0.6 is 11.8 Å². The maximum Gasteiger partial charge on any atom is 0.262 e. The number of carbonyl (C=O) groups is 2. The highest BCUT2D eigenvalue weighted by molar-refractivity contribution is 8.00. The molecule has 0 saturated heterocycles. The summed E-state index contributed by atoms with van der Waals surface area (Å²) in [6.07, 6.45) is 0. The molecule has 8 nitrogen and oxygen atoms in total. The maximum atomic E-state index is 12.9.